The second-order valence-corrected chi connectivity index (χ2v) is 4.99. The fourth-order valence-corrected chi connectivity index (χ4v) is 2.34. The quantitative estimate of drug-likeness (QED) is 0.569. The average molecular weight is 250 g/mol. The third-order valence-corrected chi connectivity index (χ3v) is 3.77. The molecule has 4 nitrogen and oxygen atoms in total. The van der Waals surface area contributed by atoms with Crippen LogP contribution in [-0.2, 0) is 9.53 Å². The summed E-state index contributed by atoms with van der Waals surface area (Å²) in [6.45, 7) is 6.45. The van der Waals surface area contributed by atoms with Crippen LogP contribution in [-0.4, -0.2) is 24.8 Å². The van der Waals surface area contributed by atoms with E-state index in [-0.39, 0.29) is 6.04 Å². The van der Waals surface area contributed by atoms with E-state index in [0.29, 0.717) is 18.4 Å². The van der Waals surface area contributed by atoms with E-state index in [0.717, 1.165) is 6.42 Å². The molecule has 0 radical (unpaired) electrons. The lowest BCUT2D eigenvalue weighted by atomic mass is 9.78. The van der Waals surface area contributed by atoms with E-state index in [9.17, 15) is 4.79 Å². The highest BCUT2D eigenvalue weighted by molar-refractivity contribution is 5.92. The second-order valence-electron chi connectivity index (χ2n) is 4.99. The van der Waals surface area contributed by atoms with Crippen LogP contribution in [0.4, 0.5) is 0 Å². The lowest BCUT2D eigenvalue weighted by molar-refractivity contribution is -0.143. The van der Waals surface area contributed by atoms with Gasteiger partial charge in [-0.3, -0.25) is 9.79 Å². The normalized spacial score (nSPS) is 29.8. The summed E-state index contributed by atoms with van der Waals surface area (Å²) in [5, 5.41) is 8.93. The Kier molecular flexibility index (Phi) is 5.84. The first-order chi connectivity index (χ1) is 8.60. The lowest BCUT2D eigenvalue weighted by Gasteiger charge is -2.31. The molecule has 0 aromatic rings. The number of carbonyl (C=O) groups excluding carboxylic acids is 1. The van der Waals surface area contributed by atoms with Crippen molar-refractivity contribution in [2.75, 3.05) is 6.61 Å². The van der Waals surface area contributed by atoms with Crippen LogP contribution in [0, 0.1) is 29.1 Å². The fraction of sp³-hybridized carbons (Fsp3) is 0.786. The molecule has 1 aliphatic rings. The number of nitrogens with zero attached hydrogens (tertiary/aromatic N) is 2. The largest absolute Gasteiger partial charge is 0.465 e. The number of aliphatic imine (C=N–C) groups is 1. The summed E-state index contributed by atoms with van der Waals surface area (Å²) in [7, 11) is 0. The smallest absolute Gasteiger partial charge is 0.328 e. The minimum absolute atomic E-state index is 0.235. The highest BCUT2D eigenvalue weighted by Crippen LogP contribution is 2.31. The van der Waals surface area contributed by atoms with Gasteiger partial charge < -0.3 is 4.74 Å². The molecule has 0 aromatic carbocycles. The van der Waals surface area contributed by atoms with E-state index in [1.54, 1.807) is 6.92 Å². The van der Waals surface area contributed by atoms with Crippen molar-refractivity contribution in [3.63, 3.8) is 0 Å². The summed E-state index contributed by atoms with van der Waals surface area (Å²) in [6, 6.07) is 2.16. The summed E-state index contributed by atoms with van der Waals surface area (Å²) in [5.41, 5.74) is 0. The van der Waals surface area contributed by atoms with Gasteiger partial charge in [-0.1, -0.05) is 26.7 Å². The molecule has 0 aromatic heterocycles. The molecule has 4 heteroatoms. The first-order valence-corrected chi connectivity index (χ1v) is 6.69. The van der Waals surface area contributed by atoms with Crippen LogP contribution in [0.5, 0.6) is 0 Å². The fourth-order valence-electron chi connectivity index (χ4n) is 2.34. The molecule has 0 aliphatic heterocycles. The van der Waals surface area contributed by atoms with E-state index in [4.69, 9.17) is 10.00 Å². The molecule has 1 rings (SSSR count). The van der Waals surface area contributed by atoms with Gasteiger partial charge in [0.15, 0.2) is 5.92 Å². The van der Waals surface area contributed by atoms with Crippen molar-refractivity contribution in [2.45, 2.75) is 46.1 Å². The van der Waals surface area contributed by atoms with E-state index < -0.39 is 11.9 Å². The number of hydrogen-bond acceptors (Lipinski definition) is 4. The van der Waals surface area contributed by atoms with Gasteiger partial charge in [0.2, 0.25) is 0 Å². The Labute approximate surface area is 109 Å². The Bertz CT molecular complexity index is 346. The Morgan fingerprint density at radius 1 is 1.56 bits per heavy atom. The Hall–Kier alpha value is -1.37. The van der Waals surface area contributed by atoms with E-state index >= 15 is 0 Å². The minimum Gasteiger partial charge on any atom is -0.465 e. The second kappa shape index (κ2) is 7.15. The summed E-state index contributed by atoms with van der Waals surface area (Å²) in [6.07, 6.45) is 4.93. The molecular formula is C14H22N2O2. The molecule has 0 heterocycles. The van der Waals surface area contributed by atoms with Crippen LogP contribution in [0.3, 0.4) is 0 Å². The van der Waals surface area contributed by atoms with Crippen LogP contribution in [0.1, 0.15) is 40.0 Å². The van der Waals surface area contributed by atoms with E-state index in [1.165, 1.54) is 19.1 Å². The molecule has 1 fully saturated rings. The zero-order chi connectivity index (χ0) is 13.5. The van der Waals surface area contributed by atoms with Crippen molar-refractivity contribution in [3.8, 4) is 6.07 Å². The Balaban J connectivity index is 2.61. The maximum atomic E-state index is 11.5. The number of esters is 1. The molecule has 0 amide bonds. The number of ether oxygens (including phenoxy) is 1. The number of hydrogen-bond donors (Lipinski definition) is 0. The van der Waals surface area contributed by atoms with Crippen molar-refractivity contribution < 1.29 is 9.53 Å². The molecule has 1 saturated carbocycles. The zero-order valence-corrected chi connectivity index (χ0v) is 11.4. The Morgan fingerprint density at radius 3 is 2.89 bits per heavy atom. The van der Waals surface area contributed by atoms with Gasteiger partial charge >= 0.3 is 5.97 Å². The van der Waals surface area contributed by atoms with Crippen LogP contribution in [0.25, 0.3) is 0 Å². The molecule has 0 saturated heterocycles. The predicted octanol–water partition coefficient (Wildman–Crippen LogP) is 2.58. The van der Waals surface area contributed by atoms with Gasteiger partial charge in [-0.15, -0.1) is 0 Å². The first-order valence-electron chi connectivity index (χ1n) is 6.69. The molecule has 0 N–H and O–H groups in total. The van der Waals surface area contributed by atoms with E-state index in [1.807, 2.05) is 6.07 Å². The average Bonchev–Trinajstić information content (AvgIpc) is 2.35. The van der Waals surface area contributed by atoms with Crippen molar-refractivity contribution in [1.29, 1.82) is 5.26 Å². The number of nitriles is 1. The van der Waals surface area contributed by atoms with Crippen LogP contribution >= 0.6 is 0 Å². The minimum atomic E-state index is -0.866. The third-order valence-electron chi connectivity index (χ3n) is 3.77. The van der Waals surface area contributed by atoms with Gasteiger partial charge in [0.25, 0.3) is 0 Å². The SMILES string of the molecule is CCOC(=O)[C@H](C#N)C=N[C@H]1CCC[C@@H](C)[C@@H]1C. The van der Waals surface area contributed by atoms with Gasteiger partial charge in [0.05, 0.1) is 18.7 Å². The molecule has 0 unspecified atom stereocenters. The molecule has 4 atom stereocenters. The zero-order valence-electron chi connectivity index (χ0n) is 11.4. The molecule has 100 valence electrons. The topological polar surface area (TPSA) is 62.5 Å². The van der Waals surface area contributed by atoms with Crippen molar-refractivity contribution >= 4 is 12.2 Å². The van der Waals surface area contributed by atoms with Crippen molar-refractivity contribution in [2.24, 2.45) is 22.7 Å². The Morgan fingerprint density at radius 2 is 2.28 bits per heavy atom. The highest BCUT2D eigenvalue weighted by Gasteiger charge is 2.27. The van der Waals surface area contributed by atoms with Gasteiger partial charge in [0.1, 0.15) is 0 Å². The van der Waals surface area contributed by atoms with Gasteiger partial charge in [-0.2, -0.15) is 5.26 Å². The molecule has 1 aliphatic carbocycles. The maximum Gasteiger partial charge on any atom is 0.328 e. The summed E-state index contributed by atoms with van der Waals surface area (Å²) >= 11 is 0. The van der Waals surface area contributed by atoms with Gasteiger partial charge in [-0.05, 0) is 25.2 Å². The van der Waals surface area contributed by atoms with Gasteiger partial charge in [0, 0.05) is 6.21 Å². The van der Waals surface area contributed by atoms with Crippen molar-refractivity contribution in [1.82, 2.24) is 0 Å². The highest BCUT2D eigenvalue weighted by atomic mass is 16.5. The van der Waals surface area contributed by atoms with Gasteiger partial charge in [-0.25, -0.2) is 0 Å². The summed E-state index contributed by atoms with van der Waals surface area (Å²) in [4.78, 5) is 15.9. The van der Waals surface area contributed by atoms with Crippen molar-refractivity contribution in [3.05, 3.63) is 0 Å². The standard InChI is InChI=1S/C14H22N2O2/c1-4-18-14(17)12(8-15)9-16-13-7-5-6-10(2)11(13)3/h9-13H,4-7H2,1-3H3/t10-,11+,12-,13+/m1/s1. The predicted molar refractivity (Wildman–Crippen MR) is 70.2 cm³/mol. The first kappa shape index (κ1) is 14.7. The third kappa shape index (κ3) is 3.83. The van der Waals surface area contributed by atoms with E-state index in [2.05, 4.69) is 18.8 Å². The molecule has 18 heavy (non-hydrogen) atoms. The number of carbonyl (C=O) groups is 1. The summed E-state index contributed by atoms with van der Waals surface area (Å²) in [5.74, 6) is -0.199. The summed E-state index contributed by atoms with van der Waals surface area (Å²) < 4.78 is 4.83. The van der Waals surface area contributed by atoms with Crippen LogP contribution in [0.2, 0.25) is 0 Å². The van der Waals surface area contributed by atoms with Crippen LogP contribution in [0.15, 0.2) is 4.99 Å². The molecule has 0 spiro atoms. The maximum absolute atomic E-state index is 11.5. The molecular weight excluding hydrogens is 228 g/mol. The number of rotatable bonds is 4. The molecule has 0 bridgehead atoms. The van der Waals surface area contributed by atoms with Crippen LogP contribution < -0.4 is 0 Å². The monoisotopic (exact) mass is 250 g/mol. The lowest BCUT2D eigenvalue weighted by Crippen LogP contribution is -2.28.